The van der Waals surface area contributed by atoms with Crippen LogP contribution >= 0.6 is 0 Å². The van der Waals surface area contributed by atoms with Crippen LogP contribution in [-0.4, -0.2) is 26.4 Å². The van der Waals surface area contributed by atoms with Gasteiger partial charge in [-0.1, -0.05) is 129 Å². The quantitative estimate of drug-likeness (QED) is 0.122. The molecule has 0 heterocycles. The molecule has 2 heteroatoms. The molecule has 0 bridgehead atoms. The normalized spacial score (nSPS) is 11.4. The molecule has 0 amide bonds. The second kappa shape index (κ2) is 28.9. The molecule has 0 rings (SSSR count). The average Bonchev–Trinajstić information content (AvgIpc) is 2.76. The smallest absolute Gasteiger partial charge is 0.0498 e. The number of rotatable bonds is 27. The molecular formula is C28H57O2. The van der Waals surface area contributed by atoms with Crippen molar-refractivity contribution in [1.29, 1.82) is 0 Å². The molecule has 1 radical (unpaired) electrons. The van der Waals surface area contributed by atoms with Crippen LogP contribution in [0.3, 0.4) is 0 Å². The Morgan fingerprint density at radius 3 is 1.20 bits per heavy atom. The lowest BCUT2D eigenvalue weighted by molar-refractivity contribution is 0.118. The van der Waals surface area contributed by atoms with Gasteiger partial charge in [0, 0.05) is 26.4 Å². The van der Waals surface area contributed by atoms with Crippen LogP contribution in [0.4, 0.5) is 0 Å². The lowest BCUT2D eigenvalue weighted by atomic mass is 10.1. The fourth-order valence-electron chi connectivity index (χ4n) is 3.90. The Morgan fingerprint density at radius 2 is 0.767 bits per heavy atom. The Hall–Kier alpha value is -0.0800. The lowest BCUT2D eigenvalue weighted by Gasteiger charge is -2.06. The zero-order valence-electron chi connectivity index (χ0n) is 21.1. The van der Waals surface area contributed by atoms with E-state index in [2.05, 4.69) is 20.3 Å². The fourth-order valence-corrected chi connectivity index (χ4v) is 3.90. The van der Waals surface area contributed by atoms with Gasteiger partial charge in [0.1, 0.15) is 0 Å². The molecule has 0 aliphatic heterocycles. The molecule has 2 nitrogen and oxygen atoms in total. The molecule has 0 N–H and O–H groups in total. The summed E-state index contributed by atoms with van der Waals surface area (Å²) in [5.74, 6) is 0. The van der Waals surface area contributed by atoms with Gasteiger partial charge >= 0.3 is 0 Å². The predicted molar refractivity (Wildman–Crippen MR) is 134 cm³/mol. The molecule has 0 saturated carbocycles. The highest BCUT2D eigenvalue weighted by atomic mass is 16.5. The first kappa shape index (κ1) is 29.9. The number of ether oxygens (including phenoxy) is 2. The molecule has 0 aliphatic rings. The van der Waals surface area contributed by atoms with Crippen LogP contribution in [0, 0.1) is 6.42 Å². The van der Waals surface area contributed by atoms with Gasteiger partial charge in [-0.25, -0.2) is 0 Å². The summed E-state index contributed by atoms with van der Waals surface area (Å²) in [7, 11) is 0. The Labute approximate surface area is 191 Å². The maximum absolute atomic E-state index is 5.73. The largest absolute Gasteiger partial charge is 0.381 e. The van der Waals surface area contributed by atoms with Crippen LogP contribution in [0.25, 0.3) is 0 Å². The van der Waals surface area contributed by atoms with Crippen LogP contribution in [0.2, 0.25) is 0 Å². The minimum Gasteiger partial charge on any atom is -0.381 e. The van der Waals surface area contributed by atoms with Gasteiger partial charge in [0.2, 0.25) is 0 Å². The van der Waals surface area contributed by atoms with Gasteiger partial charge in [-0.05, 0) is 25.7 Å². The average molecular weight is 426 g/mol. The summed E-state index contributed by atoms with van der Waals surface area (Å²) in [4.78, 5) is 0. The Morgan fingerprint density at radius 1 is 0.400 bits per heavy atom. The molecule has 0 aliphatic carbocycles. The third-order valence-corrected chi connectivity index (χ3v) is 5.99. The molecule has 0 aromatic rings. The second-order valence-corrected chi connectivity index (χ2v) is 9.13. The van der Waals surface area contributed by atoms with E-state index in [1.165, 1.54) is 128 Å². The Balaban J connectivity index is 2.97. The van der Waals surface area contributed by atoms with Crippen molar-refractivity contribution < 1.29 is 9.47 Å². The highest BCUT2D eigenvalue weighted by Crippen LogP contribution is 2.11. The first-order chi connectivity index (χ1) is 14.9. The molecule has 0 aromatic heterocycles. The van der Waals surface area contributed by atoms with E-state index in [-0.39, 0.29) is 0 Å². The lowest BCUT2D eigenvalue weighted by Crippen LogP contribution is -2.02. The summed E-state index contributed by atoms with van der Waals surface area (Å²) in [5.41, 5.74) is 0. The monoisotopic (exact) mass is 425 g/mol. The van der Waals surface area contributed by atoms with E-state index >= 15 is 0 Å². The van der Waals surface area contributed by atoms with Crippen molar-refractivity contribution in [3.05, 3.63) is 6.42 Å². The number of unbranched alkanes of at least 4 members (excludes halogenated alkanes) is 19. The van der Waals surface area contributed by atoms with Crippen molar-refractivity contribution in [3.8, 4) is 0 Å². The van der Waals surface area contributed by atoms with Crippen LogP contribution in [0.15, 0.2) is 0 Å². The van der Waals surface area contributed by atoms with Crippen LogP contribution in [0.5, 0.6) is 0 Å². The summed E-state index contributed by atoms with van der Waals surface area (Å²) >= 11 is 0. The van der Waals surface area contributed by atoms with Crippen LogP contribution < -0.4 is 0 Å². The highest BCUT2D eigenvalue weighted by Gasteiger charge is 1.96. The molecule has 181 valence electrons. The fraction of sp³-hybridized carbons (Fsp3) is 0.964. The minimum atomic E-state index is 0.791. The Kier molecular flexibility index (Phi) is 28.8. The molecule has 0 spiro atoms. The van der Waals surface area contributed by atoms with Crippen LogP contribution in [0.1, 0.15) is 149 Å². The summed E-state index contributed by atoms with van der Waals surface area (Å²) in [6.07, 6.45) is 31.0. The van der Waals surface area contributed by atoms with Gasteiger partial charge in [-0.2, -0.15) is 0 Å². The third kappa shape index (κ3) is 27.9. The maximum Gasteiger partial charge on any atom is 0.0498 e. The molecule has 0 saturated heterocycles. The van der Waals surface area contributed by atoms with Crippen molar-refractivity contribution in [3.63, 3.8) is 0 Å². The van der Waals surface area contributed by atoms with Crippen molar-refractivity contribution in [2.45, 2.75) is 149 Å². The van der Waals surface area contributed by atoms with E-state index in [4.69, 9.17) is 9.47 Å². The molecular weight excluding hydrogens is 368 g/mol. The van der Waals surface area contributed by atoms with Crippen molar-refractivity contribution in [1.82, 2.24) is 0 Å². The summed E-state index contributed by atoms with van der Waals surface area (Å²) in [5, 5.41) is 0. The van der Waals surface area contributed by atoms with Gasteiger partial charge in [-0.15, -0.1) is 0 Å². The first-order valence-corrected chi connectivity index (χ1v) is 13.9. The molecule has 0 aromatic carbocycles. The SMILES string of the molecule is CCCCCCCCCCCCOC[CH]CCOCCCCCCCCCCCC. The molecule has 0 fully saturated rings. The molecule has 0 unspecified atom stereocenters. The Bertz CT molecular complexity index is 252. The minimum absolute atomic E-state index is 0.791. The molecule has 30 heavy (non-hydrogen) atoms. The van der Waals surface area contributed by atoms with Gasteiger partial charge in [0.25, 0.3) is 0 Å². The van der Waals surface area contributed by atoms with E-state index in [1.54, 1.807) is 0 Å². The molecule has 0 atom stereocenters. The van der Waals surface area contributed by atoms with E-state index < -0.39 is 0 Å². The van der Waals surface area contributed by atoms with Crippen molar-refractivity contribution in [2.24, 2.45) is 0 Å². The van der Waals surface area contributed by atoms with Crippen molar-refractivity contribution in [2.75, 3.05) is 26.4 Å². The second-order valence-electron chi connectivity index (χ2n) is 9.13. The number of hydrogen-bond donors (Lipinski definition) is 0. The zero-order chi connectivity index (χ0) is 21.8. The third-order valence-electron chi connectivity index (χ3n) is 5.99. The number of hydrogen-bond acceptors (Lipinski definition) is 2. The maximum atomic E-state index is 5.73. The predicted octanol–water partition coefficient (Wildman–Crippen LogP) is 9.46. The highest BCUT2D eigenvalue weighted by molar-refractivity contribution is 4.62. The summed E-state index contributed by atoms with van der Waals surface area (Å²) < 4.78 is 11.4. The van der Waals surface area contributed by atoms with Crippen LogP contribution in [-0.2, 0) is 9.47 Å². The van der Waals surface area contributed by atoms with E-state index in [9.17, 15) is 0 Å². The van der Waals surface area contributed by atoms with Gasteiger partial charge in [-0.3, -0.25) is 0 Å². The standard InChI is InChI=1S/C28H57O2/c1-3-5-7-9-11-13-15-17-19-21-25-29-27-23-24-28-30-26-22-20-18-16-14-12-10-8-6-4-2/h23H,3-22,24-28H2,1-2H3. The van der Waals surface area contributed by atoms with Gasteiger partial charge in [0.15, 0.2) is 0 Å². The zero-order valence-corrected chi connectivity index (χ0v) is 21.1. The van der Waals surface area contributed by atoms with Gasteiger partial charge in [0.05, 0.1) is 0 Å². The van der Waals surface area contributed by atoms with E-state index in [0.717, 1.165) is 32.8 Å². The summed E-state index contributed by atoms with van der Waals surface area (Å²) in [6.45, 7) is 8.08. The summed E-state index contributed by atoms with van der Waals surface area (Å²) in [6, 6.07) is 0. The van der Waals surface area contributed by atoms with E-state index in [0.29, 0.717) is 0 Å². The van der Waals surface area contributed by atoms with Crippen molar-refractivity contribution >= 4 is 0 Å². The first-order valence-electron chi connectivity index (χ1n) is 13.9. The topological polar surface area (TPSA) is 18.5 Å². The van der Waals surface area contributed by atoms with Gasteiger partial charge < -0.3 is 9.47 Å². The van der Waals surface area contributed by atoms with E-state index in [1.807, 2.05) is 0 Å².